The molecule has 2 aliphatic rings. The van der Waals surface area contributed by atoms with Gasteiger partial charge in [0.2, 0.25) is 13.4 Å². The van der Waals surface area contributed by atoms with Gasteiger partial charge < -0.3 is 9.80 Å². The van der Waals surface area contributed by atoms with Crippen molar-refractivity contribution >= 4 is 101 Å². The van der Waals surface area contributed by atoms with Crippen LogP contribution in [0, 0.1) is 0 Å². The molecule has 10 rings (SSSR count). The van der Waals surface area contributed by atoms with Gasteiger partial charge in [0.15, 0.2) is 0 Å². The Morgan fingerprint density at radius 2 is 0.783 bits per heavy atom. The zero-order valence-corrected chi connectivity index (χ0v) is 25.9. The Balaban J connectivity index is 1.29. The maximum Gasteiger partial charge on any atom is 0.246 e. The molecule has 0 saturated heterocycles. The highest BCUT2D eigenvalue weighted by molar-refractivity contribution is 6.99. The van der Waals surface area contributed by atoms with Crippen molar-refractivity contribution in [3.8, 4) is 0 Å². The van der Waals surface area contributed by atoms with Crippen molar-refractivity contribution in [1.82, 2.24) is 0 Å². The summed E-state index contributed by atoms with van der Waals surface area (Å²) >= 11 is 0. The van der Waals surface area contributed by atoms with Gasteiger partial charge in [0.05, 0.1) is 0 Å². The first-order valence-electron chi connectivity index (χ1n) is 16.2. The van der Waals surface area contributed by atoms with Crippen LogP contribution in [0.25, 0.3) is 32.3 Å². The second-order valence-corrected chi connectivity index (χ2v) is 13.0. The molecule has 214 valence electrons. The van der Waals surface area contributed by atoms with E-state index < -0.39 is 0 Å². The van der Waals surface area contributed by atoms with Gasteiger partial charge in [0, 0.05) is 47.6 Å². The molecule has 0 aliphatic carbocycles. The van der Waals surface area contributed by atoms with E-state index in [0.29, 0.717) is 0 Å². The van der Waals surface area contributed by atoms with Crippen LogP contribution in [-0.2, 0) is 0 Å². The van der Waals surface area contributed by atoms with Gasteiger partial charge in [0.25, 0.3) is 0 Å². The third kappa shape index (κ3) is 3.39. The summed E-state index contributed by atoms with van der Waals surface area (Å²) in [6, 6.07) is 54.4. The van der Waals surface area contributed by atoms with Gasteiger partial charge in [-0.2, -0.15) is 0 Å². The van der Waals surface area contributed by atoms with Gasteiger partial charge in [0.1, 0.15) is 0 Å². The molecule has 2 heterocycles. The van der Waals surface area contributed by atoms with E-state index in [4.69, 9.17) is 0 Å². The van der Waals surface area contributed by atoms with E-state index >= 15 is 0 Å². The fourth-order valence-corrected chi connectivity index (χ4v) is 8.81. The Kier molecular flexibility index (Phi) is 5.34. The molecule has 0 radical (unpaired) electrons. The molecular weight excluding hydrogens is 554 g/mol. The average molecular weight is 584 g/mol. The highest BCUT2D eigenvalue weighted by Crippen LogP contribution is 2.44. The number of nitrogens with zero attached hydrogens (tertiary/aromatic N) is 2. The van der Waals surface area contributed by atoms with E-state index in [1.165, 1.54) is 87.8 Å². The summed E-state index contributed by atoms with van der Waals surface area (Å²) in [5.41, 5.74) is 13.3. The van der Waals surface area contributed by atoms with Crippen LogP contribution in [-0.4, -0.2) is 27.5 Å². The fraction of sp³-hybridized carbons (Fsp3) is 0.0476. The second-order valence-electron chi connectivity index (χ2n) is 13.0. The third-order valence-electron chi connectivity index (χ3n) is 10.7. The van der Waals surface area contributed by atoms with Crippen LogP contribution in [0.1, 0.15) is 0 Å². The first-order chi connectivity index (χ1) is 22.7. The van der Waals surface area contributed by atoms with E-state index in [2.05, 4.69) is 169 Å². The van der Waals surface area contributed by atoms with Gasteiger partial charge in [-0.3, -0.25) is 0 Å². The van der Waals surface area contributed by atoms with Crippen LogP contribution >= 0.6 is 0 Å². The smallest absolute Gasteiger partial charge is 0.246 e. The molecular formula is C42H30B2N2. The van der Waals surface area contributed by atoms with E-state index in [1.807, 2.05) is 0 Å². The molecule has 0 amide bonds. The summed E-state index contributed by atoms with van der Waals surface area (Å²) in [5.74, 6) is 0. The van der Waals surface area contributed by atoms with Gasteiger partial charge in [-0.1, -0.05) is 144 Å². The van der Waals surface area contributed by atoms with E-state index in [1.54, 1.807) is 0 Å². The molecule has 0 atom stereocenters. The fourth-order valence-electron chi connectivity index (χ4n) is 8.81. The zero-order chi connectivity index (χ0) is 30.5. The lowest BCUT2D eigenvalue weighted by Crippen LogP contribution is -2.57. The van der Waals surface area contributed by atoms with Crippen molar-refractivity contribution in [2.45, 2.75) is 0 Å². The van der Waals surface area contributed by atoms with Crippen molar-refractivity contribution in [3.63, 3.8) is 0 Å². The minimum absolute atomic E-state index is 0.174. The molecule has 0 saturated carbocycles. The monoisotopic (exact) mass is 584 g/mol. The molecule has 0 spiro atoms. The average Bonchev–Trinajstić information content (AvgIpc) is 3.11. The minimum Gasteiger partial charge on any atom is -0.345 e. The number of para-hydroxylation sites is 2. The molecule has 0 N–H and O–H groups in total. The van der Waals surface area contributed by atoms with Crippen molar-refractivity contribution in [3.05, 3.63) is 146 Å². The standard InChI is InChI=1S/C42H30B2N2/c1-45-37-19-11-9-17-33(37)43(29-13-5-3-6-14-29)35-25-27-22-24-32-40-28(21-23-31(39(27)40)41(35)45)26-36-42(32)46(2)38-20-12-10-18-34(38)44(36)30-15-7-4-8-16-30/h3-26H,1-2H3. The summed E-state index contributed by atoms with van der Waals surface area (Å²) in [6.07, 6.45) is 0. The number of anilines is 4. The first kappa shape index (κ1) is 25.8. The Labute approximate surface area is 270 Å². The number of fused-ring (bicyclic) bond motifs is 6. The quantitative estimate of drug-likeness (QED) is 0.188. The van der Waals surface area contributed by atoms with Crippen LogP contribution in [0.3, 0.4) is 0 Å². The highest BCUT2D eigenvalue weighted by Gasteiger charge is 2.37. The topological polar surface area (TPSA) is 6.48 Å². The maximum absolute atomic E-state index is 2.48. The largest absolute Gasteiger partial charge is 0.345 e. The highest BCUT2D eigenvalue weighted by atomic mass is 15.1. The second kappa shape index (κ2) is 9.52. The van der Waals surface area contributed by atoms with E-state index in [-0.39, 0.29) is 13.4 Å². The summed E-state index contributed by atoms with van der Waals surface area (Å²) in [6.45, 7) is 0.347. The lowest BCUT2D eigenvalue weighted by atomic mass is 9.34. The van der Waals surface area contributed by atoms with Crippen LogP contribution in [0.5, 0.6) is 0 Å². The lowest BCUT2D eigenvalue weighted by molar-refractivity contribution is 1.23. The van der Waals surface area contributed by atoms with Crippen LogP contribution in [0.4, 0.5) is 22.7 Å². The number of hydrogen-bond acceptors (Lipinski definition) is 2. The van der Waals surface area contributed by atoms with Gasteiger partial charge in [-0.25, -0.2) is 0 Å². The normalized spacial score (nSPS) is 13.7. The van der Waals surface area contributed by atoms with E-state index in [0.717, 1.165) is 0 Å². The Morgan fingerprint density at radius 1 is 0.391 bits per heavy atom. The number of hydrogen-bond donors (Lipinski definition) is 0. The van der Waals surface area contributed by atoms with Crippen molar-refractivity contribution in [2.75, 3.05) is 23.9 Å². The predicted octanol–water partition coefficient (Wildman–Crippen LogP) is 5.78. The number of benzene rings is 8. The molecule has 0 unspecified atom stereocenters. The van der Waals surface area contributed by atoms with Crippen molar-refractivity contribution in [1.29, 1.82) is 0 Å². The molecule has 2 nitrogen and oxygen atoms in total. The summed E-state index contributed by atoms with van der Waals surface area (Å²) < 4.78 is 0. The summed E-state index contributed by atoms with van der Waals surface area (Å²) in [7, 11) is 4.49. The van der Waals surface area contributed by atoms with Crippen LogP contribution in [0.15, 0.2) is 146 Å². The molecule has 8 aromatic carbocycles. The van der Waals surface area contributed by atoms with Gasteiger partial charge in [-0.05, 0) is 55.5 Å². The molecule has 46 heavy (non-hydrogen) atoms. The Hall–Kier alpha value is -5.47. The molecule has 0 aromatic heterocycles. The third-order valence-corrected chi connectivity index (χ3v) is 10.7. The van der Waals surface area contributed by atoms with Crippen LogP contribution < -0.4 is 42.6 Å². The Bertz CT molecular complexity index is 2300. The van der Waals surface area contributed by atoms with Crippen molar-refractivity contribution in [2.24, 2.45) is 0 Å². The number of rotatable bonds is 2. The van der Waals surface area contributed by atoms with Gasteiger partial charge in [-0.15, -0.1) is 0 Å². The summed E-state index contributed by atoms with van der Waals surface area (Å²) in [5, 5.41) is 7.97. The van der Waals surface area contributed by atoms with E-state index in [9.17, 15) is 0 Å². The molecule has 2 aliphatic heterocycles. The molecule has 0 fully saturated rings. The zero-order valence-electron chi connectivity index (χ0n) is 25.9. The van der Waals surface area contributed by atoms with Gasteiger partial charge >= 0.3 is 0 Å². The van der Waals surface area contributed by atoms with Crippen molar-refractivity contribution < 1.29 is 0 Å². The maximum atomic E-state index is 2.48. The molecule has 4 heteroatoms. The molecule has 0 bridgehead atoms. The Morgan fingerprint density at radius 3 is 1.22 bits per heavy atom. The summed E-state index contributed by atoms with van der Waals surface area (Å²) in [4.78, 5) is 4.86. The lowest BCUT2D eigenvalue weighted by Gasteiger charge is -2.37. The first-order valence-corrected chi connectivity index (χ1v) is 16.2. The molecule has 8 aromatic rings. The predicted molar refractivity (Wildman–Crippen MR) is 201 cm³/mol. The minimum atomic E-state index is 0.174. The van der Waals surface area contributed by atoms with Crippen LogP contribution in [0.2, 0.25) is 0 Å². The SMILES string of the molecule is CN1c2ccccc2B(c2ccccc2)c2cc3ccc4c5c(cc6ccc(c21)c3c64)B(c1ccccc1)c1ccccc1N5C.